The number of hydrogen-bond acceptors (Lipinski definition) is 7. The summed E-state index contributed by atoms with van der Waals surface area (Å²) in [5, 5.41) is 3.06. The number of urea groups is 1. The fourth-order valence-electron chi connectivity index (χ4n) is 6.43. The highest BCUT2D eigenvalue weighted by Gasteiger charge is 2.56. The van der Waals surface area contributed by atoms with E-state index in [0.717, 1.165) is 45.7 Å². The van der Waals surface area contributed by atoms with Crippen molar-refractivity contribution in [2.24, 2.45) is 11.8 Å². The van der Waals surface area contributed by atoms with Crippen molar-refractivity contribution in [1.82, 2.24) is 35.9 Å². The van der Waals surface area contributed by atoms with Crippen LogP contribution in [0.5, 0.6) is 0 Å². The molecule has 4 aliphatic rings. The number of nitrogens with zero attached hydrogens (tertiary/aromatic N) is 4. The molecule has 3 amide bonds. The lowest BCUT2D eigenvalue weighted by atomic mass is 9.90. The van der Waals surface area contributed by atoms with Gasteiger partial charge >= 0.3 is 6.03 Å². The quantitative estimate of drug-likeness (QED) is 0.573. The van der Waals surface area contributed by atoms with Gasteiger partial charge in [0.05, 0.1) is 17.7 Å². The summed E-state index contributed by atoms with van der Waals surface area (Å²) in [5.74, 6) is 0.518. The van der Waals surface area contributed by atoms with Gasteiger partial charge < -0.3 is 19.9 Å². The summed E-state index contributed by atoms with van der Waals surface area (Å²) in [4.78, 5) is 37.4. The van der Waals surface area contributed by atoms with E-state index < -0.39 is 5.54 Å². The van der Waals surface area contributed by atoms with Crippen molar-refractivity contribution in [2.45, 2.75) is 70.4 Å². The predicted octanol–water partition coefficient (Wildman–Crippen LogP) is 1.27. The van der Waals surface area contributed by atoms with Crippen LogP contribution in [-0.2, 0) is 4.74 Å². The second-order valence-corrected chi connectivity index (χ2v) is 11.5. The molecule has 4 saturated heterocycles. The number of hydrogen-bond donors (Lipinski definition) is 3. The molecule has 0 aromatic carbocycles. The summed E-state index contributed by atoms with van der Waals surface area (Å²) in [6, 6.07) is 5.88. The van der Waals surface area contributed by atoms with E-state index in [-0.39, 0.29) is 36.1 Å². The molecule has 36 heavy (non-hydrogen) atoms. The monoisotopic (exact) mass is 499 g/mol. The number of rotatable bonds is 4. The molecule has 5 heterocycles. The molecule has 10 heteroatoms. The summed E-state index contributed by atoms with van der Waals surface area (Å²) in [6.07, 6.45) is 3.59. The molecule has 1 aromatic heterocycles. The number of carbonyl (C=O) groups excluding carboxylic acids is 2. The second-order valence-electron chi connectivity index (χ2n) is 11.5. The van der Waals surface area contributed by atoms with Crippen LogP contribution in [0.15, 0.2) is 24.4 Å². The van der Waals surface area contributed by atoms with Crippen molar-refractivity contribution in [3.05, 3.63) is 30.1 Å². The van der Waals surface area contributed by atoms with Gasteiger partial charge in [0.25, 0.3) is 5.91 Å². The maximum absolute atomic E-state index is 13.9. The minimum Gasteiger partial charge on any atom is -0.381 e. The minimum absolute atomic E-state index is 0.0259. The number of likely N-dealkylation sites (tertiary alicyclic amines) is 1. The SMILES string of the molecule is C[C@@H]1CN(C(=O)N2CC3C(NC(=O)c4ccccn4)NNC3C2(C)C)[C@@H](C)CN1CC1CCOCC1. The van der Waals surface area contributed by atoms with Crippen LogP contribution in [0.3, 0.4) is 0 Å². The van der Waals surface area contributed by atoms with E-state index in [2.05, 4.69) is 58.6 Å². The molecule has 1 aromatic rings. The third-order valence-corrected chi connectivity index (χ3v) is 8.71. The number of hydrazine groups is 1. The van der Waals surface area contributed by atoms with Gasteiger partial charge in [0.15, 0.2) is 0 Å². The largest absolute Gasteiger partial charge is 0.381 e. The minimum atomic E-state index is -0.401. The van der Waals surface area contributed by atoms with Gasteiger partial charge in [0.2, 0.25) is 0 Å². The third-order valence-electron chi connectivity index (χ3n) is 8.71. The summed E-state index contributed by atoms with van der Waals surface area (Å²) in [6.45, 7) is 13.7. The van der Waals surface area contributed by atoms with Gasteiger partial charge in [0.1, 0.15) is 5.69 Å². The van der Waals surface area contributed by atoms with Crippen LogP contribution in [0.25, 0.3) is 0 Å². The molecule has 4 fully saturated rings. The smallest absolute Gasteiger partial charge is 0.320 e. The summed E-state index contributed by atoms with van der Waals surface area (Å²) < 4.78 is 5.53. The van der Waals surface area contributed by atoms with Crippen molar-refractivity contribution >= 4 is 11.9 Å². The number of fused-ring (bicyclic) bond motifs is 1. The first-order valence-electron chi connectivity index (χ1n) is 13.4. The molecule has 0 aliphatic carbocycles. The first-order valence-corrected chi connectivity index (χ1v) is 13.4. The average molecular weight is 500 g/mol. The van der Waals surface area contributed by atoms with Crippen LogP contribution in [0.1, 0.15) is 51.0 Å². The second kappa shape index (κ2) is 10.2. The Morgan fingerprint density at radius 1 is 1.11 bits per heavy atom. The Balaban J connectivity index is 1.22. The highest BCUT2D eigenvalue weighted by Crippen LogP contribution is 2.38. The van der Waals surface area contributed by atoms with Gasteiger partial charge in [-0.25, -0.2) is 10.2 Å². The molecular weight excluding hydrogens is 458 g/mol. The number of carbonyl (C=O) groups is 2. The molecule has 0 radical (unpaired) electrons. The molecule has 3 N–H and O–H groups in total. The Morgan fingerprint density at radius 3 is 2.61 bits per heavy atom. The maximum Gasteiger partial charge on any atom is 0.320 e. The van der Waals surface area contributed by atoms with Crippen LogP contribution in [0.2, 0.25) is 0 Å². The molecule has 4 aliphatic heterocycles. The fraction of sp³-hybridized carbons (Fsp3) is 0.731. The normalized spacial score (nSPS) is 32.9. The lowest BCUT2D eigenvalue weighted by Gasteiger charge is -2.48. The number of aromatic nitrogens is 1. The molecule has 0 spiro atoms. The summed E-state index contributed by atoms with van der Waals surface area (Å²) >= 11 is 0. The summed E-state index contributed by atoms with van der Waals surface area (Å²) in [7, 11) is 0. The van der Waals surface area contributed by atoms with Gasteiger partial charge in [-0.3, -0.25) is 20.1 Å². The Hall–Kier alpha value is -2.27. The maximum atomic E-state index is 13.9. The van der Waals surface area contributed by atoms with Crippen LogP contribution < -0.4 is 16.2 Å². The molecule has 0 saturated carbocycles. The molecule has 198 valence electrons. The summed E-state index contributed by atoms with van der Waals surface area (Å²) in [5.41, 5.74) is 6.58. The Kier molecular flexibility index (Phi) is 7.22. The standard InChI is InChI=1S/C26H41N7O3/c1-17-14-32(18(2)13-31(17)15-19-8-11-36-12-9-19)25(35)33-16-20-22(26(33,3)4)29-30-23(20)28-24(34)21-7-5-6-10-27-21/h5-7,10,17-20,22-23,29-30H,8-9,11-16H2,1-4H3,(H,28,34)/t17-,18+,20?,22?,23?/m1/s1. The number of amides is 3. The highest BCUT2D eigenvalue weighted by molar-refractivity contribution is 5.92. The lowest BCUT2D eigenvalue weighted by molar-refractivity contribution is 0.0104. The van der Waals surface area contributed by atoms with Crippen LogP contribution in [0, 0.1) is 11.8 Å². The van der Waals surface area contributed by atoms with E-state index in [1.54, 1.807) is 24.4 Å². The predicted molar refractivity (Wildman–Crippen MR) is 136 cm³/mol. The van der Waals surface area contributed by atoms with Crippen LogP contribution in [-0.4, -0.2) is 101 Å². The van der Waals surface area contributed by atoms with E-state index in [9.17, 15) is 9.59 Å². The van der Waals surface area contributed by atoms with Gasteiger partial charge in [-0.1, -0.05) is 6.07 Å². The van der Waals surface area contributed by atoms with Gasteiger partial charge in [-0.2, -0.15) is 0 Å². The molecule has 3 unspecified atom stereocenters. The number of nitrogens with one attached hydrogen (secondary N) is 3. The van der Waals surface area contributed by atoms with Gasteiger partial charge in [-0.15, -0.1) is 0 Å². The zero-order chi connectivity index (χ0) is 25.4. The highest BCUT2D eigenvalue weighted by atomic mass is 16.5. The molecule has 10 nitrogen and oxygen atoms in total. The van der Waals surface area contributed by atoms with Crippen LogP contribution in [0.4, 0.5) is 4.79 Å². The average Bonchev–Trinajstić information content (AvgIpc) is 3.39. The Bertz CT molecular complexity index is 939. The van der Waals surface area contributed by atoms with E-state index in [1.165, 1.54) is 0 Å². The van der Waals surface area contributed by atoms with E-state index in [0.29, 0.717) is 24.2 Å². The van der Waals surface area contributed by atoms with Gasteiger partial charge in [-0.05, 0) is 58.6 Å². The first kappa shape index (κ1) is 25.4. The lowest BCUT2D eigenvalue weighted by Crippen LogP contribution is -2.64. The van der Waals surface area contributed by atoms with Crippen LogP contribution >= 0.6 is 0 Å². The van der Waals surface area contributed by atoms with Crippen molar-refractivity contribution in [3.63, 3.8) is 0 Å². The third kappa shape index (κ3) is 4.83. The number of ether oxygens (including phenoxy) is 1. The van der Waals surface area contributed by atoms with Gasteiger partial charge in [0, 0.05) is 63.6 Å². The molecular formula is C26H41N7O3. The topological polar surface area (TPSA) is 102 Å². The van der Waals surface area contributed by atoms with Crippen molar-refractivity contribution < 1.29 is 14.3 Å². The molecule has 5 rings (SSSR count). The van der Waals surface area contributed by atoms with Crippen molar-refractivity contribution in [1.29, 1.82) is 0 Å². The fourth-order valence-corrected chi connectivity index (χ4v) is 6.43. The van der Waals surface area contributed by atoms with E-state index >= 15 is 0 Å². The number of piperazine rings is 1. The first-order chi connectivity index (χ1) is 17.3. The van der Waals surface area contributed by atoms with Crippen molar-refractivity contribution in [2.75, 3.05) is 39.4 Å². The molecule has 5 atom stereocenters. The Morgan fingerprint density at radius 2 is 1.89 bits per heavy atom. The Labute approximate surface area is 214 Å². The molecule has 0 bridgehead atoms. The number of pyridine rings is 1. The zero-order valence-corrected chi connectivity index (χ0v) is 21.9. The van der Waals surface area contributed by atoms with Crippen molar-refractivity contribution in [3.8, 4) is 0 Å². The van der Waals surface area contributed by atoms with E-state index in [4.69, 9.17) is 4.74 Å². The van der Waals surface area contributed by atoms with E-state index in [1.807, 2.05) is 4.90 Å². The zero-order valence-electron chi connectivity index (χ0n) is 21.9.